The van der Waals surface area contributed by atoms with E-state index in [1.54, 1.807) is 0 Å². The molecule has 0 aromatic carbocycles. The first kappa shape index (κ1) is 12.4. The minimum absolute atomic E-state index is 0.205. The van der Waals surface area contributed by atoms with E-state index in [-0.39, 0.29) is 12.6 Å². The standard InChI is InChI=1S/C10H20BrNO2/c1-2-9(5-11)6-12-3-4-14-8-10(12)7-13/h9-10,13H,2-8H2,1H3. The van der Waals surface area contributed by atoms with Crippen LogP contribution in [0, 0.1) is 5.92 Å². The van der Waals surface area contributed by atoms with Gasteiger partial charge in [0.25, 0.3) is 0 Å². The van der Waals surface area contributed by atoms with E-state index < -0.39 is 0 Å². The predicted molar refractivity (Wildman–Crippen MR) is 60.8 cm³/mol. The average molecular weight is 266 g/mol. The molecule has 0 radical (unpaired) electrons. The van der Waals surface area contributed by atoms with E-state index in [0.717, 1.165) is 25.0 Å². The molecule has 3 nitrogen and oxygen atoms in total. The molecule has 1 rings (SSSR count). The smallest absolute Gasteiger partial charge is 0.0644 e. The van der Waals surface area contributed by atoms with Crippen LogP contribution in [-0.2, 0) is 4.74 Å². The number of morpholine rings is 1. The van der Waals surface area contributed by atoms with Crippen molar-refractivity contribution in [1.29, 1.82) is 0 Å². The second kappa shape index (κ2) is 6.77. The Balaban J connectivity index is 2.39. The summed E-state index contributed by atoms with van der Waals surface area (Å²) in [5, 5.41) is 10.2. The lowest BCUT2D eigenvalue weighted by molar-refractivity contribution is -0.0323. The summed E-state index contributed by atoms with van der Waals surface area (Å²) in [7, 11) is 0. The van der Waals surface area contributed by atoms with Gasteiger partial charge in [0.05, 0.1) is 25.9 Å². The summed E-state index contributed by atoms with van der Waals surface area (Å²) in [6.07, 6.45) is 1.18. The van der Waals surface area contributed by atoms with Crippen LogP contribution in [0.4, 0.5) is 0 Å². The number of halogens is 1. The summed E-state index contributed by atoms with van der Waals surface area (Å²) in [6, 6.07) is 0.205. The van der Waals surface area contributed by atoms with Crippen LogP contribution in [0.2, 0.25) is 0 Å². The van der Waals surface area contributed by atoms with Gasteiger partial charge in [-0.15, -0.1) is 0 Å². The molecule has 1 aliphatic heterocycles. The normalized spacial score (nSPS) is 26.4. The fraction of sp³-hybridized carbons (Fsp3) is 1.00. The van der Waals surface area contributed by atoms with Crippen LogP contribution in [0.1, 0.15) is 13.3 Å². The van der Waals surface area contributed by atoms with Crippen molar-refractivity contribution in [1.82, 2.24) is 4.90 Å². The summed E-state index contributed by atoms with van der Waals surface area (Å²) in [5.41, 5.74) is 0. The molecule has 0 aromatic heterocycles. The highest BCUT2D eigenvalue weighted by Gasteiger charge is 2.23. The first-order valence-corrected chi connectivity index (χ1v) is 6.42. The van der Waals surface area contributed by atoms with Crippen LogP contribution in [0.3, 0.4) is 0 Å². The Labute approximate surface area is 94.6 Å². The summed E-state index contributed by atoms with van der Waals surface area (Å²) in [6.45, 7) is 5.91. The Morgan fingerprint density at radius 2 is 2.43 bits per heavy atom. The number of alkyl halides is 1. The van der Waals surface area contributed by atoms with Crippen LogP contribution in [0.25, 0.3) is 0 Å². The Kier molecular flexibility index (Phi) is 6.01. The van der Waals surface area contributed by atoms with Crippen LogP contribution in [-0.4, -0.2) is 54.3 Å². The Morgan fingerprint density at radius 3 is 3.00 bits per heavy atom. The van der Waals surface area contributed by atoms with Gasteiger partial charge in [-0.25, -0.2) is 0 Å². The highest BCUT2D eigenvalue weighted by Crippen LogP contribution is 2.13. The molecule has 0 bridgehead atoms. The van der Waals surface area contributed by atoms with E-state index in [4.69, 9.17) is 4.74 Å². The number of rotatable bonds is 5. The van der Waals surface area contributed by atoms with E-state index in [9.17, 15) is 5.11 Å². The summed E-state index contributed by atoms with van der Waals surface area (Å²) < 4.78 is 5.34. The van der Waals surface area contributed by atoms with Gasteiger partial charge in [0.15, 0.2) is 0 Å². The Hall–Kier alpha value is 0.360. The van der Waals surface area contributed by atoms with Gasteiger partial charge in [-0.05, 0) is 5.92 Å². The predicted octanol–water partition coefficient (Wildman–Crippen LogP) is 1.10. The van der Waals surface area contributed by atoms with Crippen molar-refractivity contribution < 1.29 is 9.84 Å². The van der Waals surface area contributed by atoms with Gasteiger partial charge in [0.1, 0.15) is 0 Å². The van der Waals surface area contributed by atoms with Gasteiger partial charge in [-0.1, -0.05) is 29.3 Å². The van der Waals surface area contributed by atoms with Crippen LogP contribution in [0.5, 0.6) is 0 Å². The van der Waals surface area contributed by atoms with Crippen molar-refractivity contribution in [3.8, 4) is 0 Å². The van der Waals surface area contributed by atoms with Crippen molar-refractivity contribution in [2.24, 2.45) is 5.92 Å². The third-order valence-corrected chi connectivity index (χ3v) is 3.76. The van der Waals surface area contributed by atoms with Crippen molar-refractivity contribution in [2.75, 3.05) is 38.2 Å². The molecule has 0 aliphatic carbocycles. The Morgan fingerprint density at radius 1 is 1.64 bits per heavy atom. The maximum Gasteiger partial charge on any atom is 0.0644 e. The largest absolute Gasteiger partial charge is 0.395 e. The topological polar surface area (TPSA) is 32.7 Å². The van der Waals surface area contributed by atoms with Gasteiger partial charge >= 0.3 is 0 Å². The number of aliphatic hydroxyl groups is 1. The summed E-state index contributed by atoms with van der Waals surface area (Å²) in [4.78, 5) is 2.35. The van der Waals surface area contributed by atoms with Crippen LogP contribution >= 0.6 is 15.9 Å². The Bertz CT molecular complexity index is 153. The SMILES string of the molecule is CCC(CBr)CN1CCOCC1CO. The van der Waals surface area contributed by atoms with Crippen molar-refractivity contribution in [3.05, 3.63) is 0 Å². The zero-order chi connectivity index (χ0) is 10.4. The van der Waals surface area contributed by atoms with Crippen molar-refractivity contribution >= 4 is 15.9 Å². The fourth-order valence-corrected chi connectivity index (χ4v) is 2.38. The number of nitrogens with zero attached hydrogens (tertiary/aromatic N) is 1. The fourth-order valence-electron chi connectivity index (χ4n) is 1.72. The number of ether oxygens (including phenoxy) is 1. The number of hydrogen-bond acceptors (Lipinski definition) is 3. The van der Waals surface area contributed by atoms with Crippen molar-refractivity contribution in [2.45, 2.75) is 19.4 Å². The quantitative estimate of drug-likeness (QED) is 0.756. The van der Waals surface area contributed by atoms with Gasteiger partial charge in [0.2, 0.25) is 0 Å². The third kappa shape index (κ3) is 3.50. The van der Waals surface area contributed by atoms with Gasteiger partial charge in [-0.2, -0.15) is 0 Å². The molecule has 1 aliphatic rings. The molecule has 0 aromatic rings. The van der Waals surface area contributed by atoms with Gasteiger partial charge in [0, 0.05) is 18.4 Å². The molecular weight excluding hydrogens is 246 g/mol. The molecule has 84 valence electrons. The number of hydrogen-bond donors (Lipinski definition) is 1. The van der Waals surface area contributed by atoms with Crippen LogP contribution < -0.4 is 0 Å². The average Bonchev–Trinajstić information content (AvgIpc) is 2.26. The molecule has 0 spiro atoms. The molecule has 1 heterocycles. The monoisotopic (exact) mass is 265 g/mol. The van der Waals surface area contributed by atoms with E-state index in [1.807, 2.05) is 0 Å². The molecule has 1 saturated heterocycles. The van der Waals surface area contributed by atoms with Crippen molar-refractivity contribution in [3.63, 3.8) is 0 Å². The van der Waals surface area contributed by atoms with E-state index >= 15 is 0 Å². The lowest BCUT2D eigenvalue weighted by Crippen LogP contribution is -2.49. The van der Waals surface area contributed by atoms with Gasteiger partial charge in [-0.3, -0.25) is 4.90 Å². The maximum absolute atomic E-state index is 9.19. The van der Waals surface area contributed by atoms with Gasteiger partial charge < -0.3 is 9.84 Å². The lowest BCUT2D eigenvalue weighted by atomic mass is 10.1. The first-order chi connectivity index (χ1) is 6.81. The highest BCUT2D eigenvalue weighted by molar-refractivity contribution is 9.09. The van der Waals surface area contributed by atoms with Crippen LogP contribution in [0.15, 0.2) is 0 Å². The lowest BCUT2D eigenvalue weighted by Gasteiger charge is -2.36. The molecule has 2 atom stereocenters. The van der Waals surface area contributed by atoms with E-state index in [2.05, 4.69) is 27.8 Å². The summed E-state index contributed by atoms with van der Waals surface area (Å²) >= 11 is 3.52. The third-order valence-electron chi connectivity index (χ3n) is 2.85. The highest BCUT2D eigenvalue weighted by atomic mass is 79.9. The molecular formula is C10H20BrNO2. The second-order valence-electron chi connectivity index (χ2n) is 3.83. The zero-order valence-electron chi connectivity index (χ0n) is 8.79. The molecule has 1 fully saturated rings. The molecule has 4 heteroatoms. The zero-order valence-corrected chi connectivity index (χ0v) is 10.4. The molecule has 0 saturated carbocycles. The van der Waals surface area contributed by atoms with E-state index in [1.165, 1.54) is 6.42 Å². The second-order valence-corrected chi connectivity index (χ2v) is 4.48. The maximum atomic E-state index is 9.19. The first-order valence-electron chi connectivity index (χ1n) is 5.30. The molecule has 0 amide bonds. The minimum atomic E-state index is 0.205. The number of aliphatic hydroxyl groups excluding tert-OH is 1. The van der Waals surface area contributed by atoms with E-state index in [0.29, 0.717) is 12.5 Å². The summed E-state index contributed by atoms with van der Waals surface area (Å²) in [5.74, 6) is 0.683. The molecule has 1 N–H and O–H groups in total. The minimum Gasteiger partial charge on any atom is -0.395 e. The molecule has 14 heavy (non-hydrogen) atoms. The molecule has 2 unspecified atom stereocenters.